The van der Waals surface area contributed by atoms with Crippen LogP contribution in [0.5, 0.6) is 0 Å². The van der Waals surface area contributed by atoms with Gasteiger partial charge in [-0.25, -0.2) is 0 Å². The highest BCUT2D eigenvalue weighted by molar-refractivity contribution is 5.78. The summed E-state index contributed by atoms with van der Waals surface area (Å²) in [5.41, 5.74) is 9.35. The van der Waals surface area contributed by atoms with E-state index in [9.17, 15) is 5.11 Å². The molecular weight excluding hydrogens is 316 g/mol. The monoisotopic (exact) mass is 348 g/mol. The molecule has 0 fully saturated rings. The fourth-order valence-electron chi connectivity index (χ4n) is 4.58. The molecule has 2 aromatic carbocycles. The van der Waals surface area contributed by atoms with Crippen molar-refractivity contribution in [3.05, 3.63) is 63.9 Å². The molecule has 0 saturated heterocycles. The summed E-state index contributed by atoms with van der Waals surface area (Å²) in [5, 5.41) is 10.4. The van der Waals surface area contributed by atoms with Gasteiger partial charge in [-0.1, -0.05) is 63.4 Å². The van der Waals surface area contributed by atoms with Gasteiger partial charge in [0.2, 0.25) is 0 Å². The minimum absolute atomic E-state index is 0.399. The Labute approximate surface area is 158 Å². The molecule has 1 N–H and O–H groups in total. The van der Waals surface area contributed by atoms with Crippen molar-refractivity contribution in [1.82, 2.24) is 0 Å². The third-order valence-corrected chi connectivity index (χ3v) is 6.16. The second kappa shape index (κ2) is 7.70. The number of aliphatic hydroxyl groups excluding tert-OH is 1. The molecule has 0 amide bonds. The first-order valence-electron chi connectivity index (χ1n) is 10.1. The van der Waals surface area contributed by atoms with Gasteiger partial charge in [0.1, 0.15) is 0 Å². The first kappa shape index (κ1) is 18.8. The smallest absolute Gasteiger partial charge is 0.0934 e. The minimum atomic E-state index is 0.399. The molecule has 1 aliphatic rings. The van der Waals surface area contributed by atoms with Crippen LogP contribution in [-0.4, -0.2) is 5.11 Å². The van der Waals surface area contributed by atoms with Crippen molar-refractivity contribution in [3.8, 4) is 11.1 Å². The Morgan fingerprint density at radius 3 is 2.38 bits per heavy atom. The van der Waals surface area contributed by atoms with Crippen molar-refractivity contribution in [3.63, 3.8) is 0 Å². The molecular formula is C25H32O. The van der Waals surface area contributed by atoms with E-state index in [0.717, 1.165) is 12.8 Å². The third-order valence-electron chi connectivity index (χ3n) is 6.16. The van der Waals surface area contributed by atoms with E-state index >= 15 is 0 Å². The fraction of sp³-hybridized carbons (Fsp3) is 0.440. The number of aryl methyl sites for hydroxylation is 3. The molecule has 1 heteroatoms. The van der Waals surface area contributed by atoms with Crippen molar-refractivity contribution >= 4 is 6.08 Å². The number of aliphatic hydroxyl groups is 1. The summed E-state index contributed by atoms with van der Waals surface area (Å²) in [4.78, 5) is 0. The van der Waals surface area contributed by atoms with Crippen molar-refractivity contribution in [2.24, 2.45) is 5.92 Å². The van der Waals surface area contributed by atoms with Gasteiger partial charge < -0.3 is 5.11 Å². The molecule has 3 rings (SSSR count). The molecule has 0 bridgehead atoms. The zero-order chi connectivity index (χ0) is 18.8. The standard InChI is InChI=1S/C25H32O/c1-6-8-19(7-2)23-15-22(26)14-21-12-10-17(4)24(25(21)23)20-11-9-16(3)18(5)13-20/h9-14,19,23,26H,6-8,15H2,1-5H3/t19-,23?/m1/s1. The van der Waals surface area contributed by atoms with E-state index in [1.807, 2.05) is 6.08 Å². The Hall–Kier alpha value is -2.02. The van der Waals surface area contributed by atoms with E-state index in [4.69, 9.17) is 0 Å². The second-order valence-corrected chi connectivity index (χ2v) is 7.96. The lowest BCUT2D eigenvalue weighted by Gasteiger charge is -2.33. The van der Waals surface area contributed by atoms with Crippen LogP contribution in [0.15, 0.2) is 36.1 Å². The molecule has 138 valence electrons. The Morgan fingerprint density at radius 2 is 1.73 bits per heavy atom. The Kier molecular flexibility index (Phi) is 5.55. The maximum atomic E-state index is 10.4. The lowest BCUT2D eigenvalue weighted by Crippen LogP contribution is -2.18. The number of allylic oxidation sites excluding steroid dienone is 1. The highest BCUT2D eigenvalue weighted by Crippen LogP contribution is 2.46. The van der Waals surface area contributed by atoms with Gasteiger partial charge in [-0.3, -0.25) is 0 Å². The zero-order valence-corrected chi connectivity index (χ0v) is 16.9. The molecule has 1 aliphatic carbocycles. The number of rotatable bonds is 5. The van der Waals surface area contributed by atoms with Crippen LogP contribution < -0.4 is 0 Å². The Bertz CT molecular complexity index is 828. The van der Waals surface area contributed by atoms with E-state index < -0.39 is 0 Å². The third kappa shape index (κ3) is 3.45. The molecule has 0 aromatic heterocycles. The van der Waals surface area contributed by atoms with E-state index in [-0.39, 0.29) is 0 Å². The van der Waals surface area contributed by atoms with Crippen molar-refractivity contribution < 1.29 is 5.11 Å². The Morgan fingerprint density at radius 1 is 1.00 bits per heavy atom. The average Bonchev–Trinajstić information content (AvgIpc) is 2.62. The van der Waals surface area contributed by atoms with Gasteiger partial charge in [0, 0.05) is 6.42 Å². The summed E-state index contributed by atoms with van der Waals surface area (Å²) in [6.07, 6.45) is 6.32. The molecule has 2 atom stereocenters. The van der Waals surface area contributed by atoms with Crippen LogP contribution in [0, 0.1) is 26.7 Å². The van der Waals surface area contributed by atoms with Gasteiger partial charge in [0.15, 0.2) is 0 Å². The molecule has 0 heterocycles. The lowest BCUT2D eigenvalue weighted by atomic mass is 9.71. The van der Waals surface area contributed by atoms with Crippen molar-refractivity contribution in [1.29, 1.82) is 0 Å². The summed E-state index contributed by atoms with van der Waals surface area (Å²) in [6, 6.07) is 11.2. The highest BCUT2D eigenvalue weighted by Gasteiger charge is 2.30. The van der Waals surface area contributed by atoms with Crippen LogP contribution in [0.4, 0.5) is 0 Å². The Balaban J connectivity index is 2.23. The topological polar surface area (TPSA) is 20.2 Å². The average molecular weight is 349 g/mol. The van der Waals surface area contributed by atoms with Gasteiger partial charge in [0.05, 0.1) is 5.76 Å². The van der Waals surface area contributed by atoms with E-state index in [2.05, 4.69) is 65.0 Å². The number of benzene rings is 2. The summed E-state index contributed by atoms with van der Waals surface area (Å²) in [6.45, 7) is 11.1. The predicted molar refractivity (Wildman–Crippen MR) is 113 cm³/mol. The second-order valence-electron chi connectivity index (χ2n) is 7.96. The van der Waals surface area contributed by atoms with Crippen LogP contribution >= 0.6 is 0 Å². The quantitative estimate of drug-likeness (QED) is 0.593. The lowest BCUT2D eigenvalue weighted by molar-refractivity contribution is 0.316. The van der Waals surface area contributed by atoms with Crippen molar-refractivity contribution in [2.75, 3.05) is 0 Å². The van der Waals surface area contributed by atoms with Gasteiger partial charge >= 0.3 is 0 Å². The SMILES string of the molecule is CCC[C@@H](CC)C1CC(O)=Cc2ccc(C)c(-c3ccc(C)c(C)c3)c21. The minimum Gasteiger partial charge on any atom is -0.512 e. The molecule has 1 nitrogen and oxygen atoms in total. The summed E-state index contributed by atoms with van der Waals surface area (Å²) in [5.74, 6) is 1.55. The first-order chi connectivity index (χ1) is 12.5. The summed E-state index contributed by atoms with van der Waals surface area (Å²) >= 11 is 0. The molecule has 26 heavy (non-hydrogen) atoms. The largest absolute Gasteiger partial charge is 0.512 e. The van der Waals surface area contributed by atoms with Gasteiger partial charge in [-0.2, -0.15) is 0 Å². The van der Waals surface area contributed by atoms with Crippen LogP contribution in [0.25, 0.3) is 17.2 Å². The van der Waals surface area contributed by atoms with E-state index in [1.165, 1.54) is 51.8 Å². The molecule has 0 aliphatic heterocycles. The van der Waals surface area contributed by atoms with Gasteiger partial charge in [-0.15, -0.1) is 0 Å². The van der Waals surface area contributed by atoms with Crippen molar-refractivity contribution in [2.45, 2.75) is 66.2 Å². The normalized spacial score (nSPS) is 17.6. The number of fused-ring (bicyclic) bond motifs is 1. The predicted octanol–water partition coefficient (Wildman–Crippen LogP) is 7.49. The summed E-state index contributed by atoms with van der Waals surface area (Å²) < 4.78 is 0. The van der Waals surface area contributed by atoms with Crippen LogP contribution in [0.2, 0.25) is 0 Å². The van der Waals surface area contributed by atoms with Gasteiger partial charge in [0.25, 0.3) is 0 Å². The van der Waals surface area contributed by atoms with E-state index in [1.54, 1.807) is 0 Å². The first-order valence-corrected chi connectivity index (χ1v) is 10.1. The number of hydrogen-bond acceptors (Lipinski definition) is 1. The highest BCUT2D eigenvalue weighted by atomic mass is 16.3. The van der Waals surface area contributed by atoms with E-state index in [0.29, 0.717) is 17.6 Å². The molecule has 0 saturated carbocycles. The number of hydrogen-bond donors (Lipinski definition) is 1. The molecule has 1 unspecified atom stereocenters. The maximum absolute atomic E-state index is 10.4. The molecule has 0 radical (unpaired) electrons. The van der Waals surface area contributed by atoms with Gasteiger partial charge in [-0.05, 0) is 77.6 Å². The molecule has 2 aromatic rings. The maximum Gasteiger partial charge on any atom is 0.0934 e. The summed E-state index contributed by atoms with van der Waals surface area (Å²) in [7, 11) is 0. The van der Waals surface area contributed by atoms with Crippen LogP contribution in [0.1, 0.15) is 73.3 Å². The van der Waals surface area contributed by atoms with Crippen LogP contribution in [-0.2, 0) is 0 Å². The van der Waals surface area contributed by atoms with Crippen LogP contribution in [0.3, 0.4) is 0 Å². The zero-order valence-electron chi connectivity index (χ0n) is 16.9. The molecule has 0 spiro atoms. The fourth-order valence-corrected chi connectivity index (χ4v) is 4.58.